The maximum Gasteiger partial charge on any atom is 0.101 e. The molecule has 1 unspecified atom stereocenters. The Kier molecular flexibility index (Phi) is 4.62. The summed E-state index contributed by atoms with van der Waals surface area (Å²) in [4.78, 5) is 4.16. The van der Waals surface area contributed by atoms with E-state index in [0.717, 1.165) is 10.0 Å². The van der Waals surface area contributed by atoms with Crippen LogP contribution in [0.5, 0.6) is 0 Å². The lowest BCUT2D eigenvalue weighted by molar-refractivity contribution is 0.173. The molecule has 2 rings (SSSR count). The molecule has 0 aliphatic carbocycles. The van der Waals surface area contributed by atoms with Gasteiger partial charge in [0.1, 0.15) is 6.10 Å². The lowest BCUT2D eigenvalue weighted by Gasteiger charge is -2.12. The van der Waals surface area contributed by atoms with E-state index < -0.39 is 6.10 Å². The van der Waals surface area contributed by atoms with Gasteiger partial charge < -0.3 is 5.11 Å². The van der Waals surface area contributed by atoms with Crippen LogP contribution in [-0.2, 0) is 6.42 Å². The highest BCUT2D eigenvalue weighted by atomic mass is 79.9. The predicted octanol–water partition coefficient (Wildman–Crippen LogP) is 4.43. The smallest absolute Gasteiger partial charge is 0.101 e. The minimum atomic E-state index is -0.709. The van der Waals surface area contributed by atoms with Gasteiger partial charge in [0.2, 0.25) is 0 Å². The van der Waals surface area contributed by atoms with Crippen LogP contribution in [-0.4, -0.2) is 10.1 Å². The molecule has 0 aliphatic rings. The second kappa shape index (κ2) is 6.02. The number of pyridine rings is 1. The van der Waals surface area contributed by atoms with Crippen molar-refractivity contribution >= 4 is 39.1 Å². The monoisotopic (exact) mass is 345 g/mol. The van der Waals surface area contributed by atoms with Crippen LogP contribution in [0.1, 0.15) is 17.4 Å². The zero-order valence-corrected chi connectivity index (χ0v) is 12.4. The van der Waals surface area contributed by atoms with Crippen molar-refractivity contribution in [2.45, 2.75) is 12.5 Å². The maximum atomic E-state index is 10.2. The van der Waals surface area contributed by atoms with Crippen LogP contribution < -0.4 is 0 Å². The molecule has 0 radical (unpaired) electrons. The van der Waals surface area contributed by atoms with Crippen LogP contribution in [0.4, 0.5) is 0 Å². The number of aromatic nitrogens is 1. The molecule has 0 amide bonds. The van der Waals surface area contributed by atoms with Crippen molar-refractivity contribution in [3.05, 3.63) is 62.3 Å². The first-order valence-corrected chi connectivity index (χ1v) is 6.85. The zero-order valence-electron chi connectivity index (χ0n) is 9.28. The van der Waals surface area contributed by atoms with E-state index in [1.165, 1.54) is 0 Å². The Bertz CT molecular complexity index is 562. The Hall–Kier alpha value is -0.610. The molecule has 0 spiro atoms. The van der Waals surface area contributed by atoms with Gasteiger partial charge in [-0.15, -0.1) is 0 Å². The fraction of sp³-hybridized carbons (Fsp3) is 0.154. The normalized spacial score (nSPS) is 12.4. The highest BCUT2D eigenvalue weighted by Crippen LogP contribution is 2.28. The van der Waals surface area contributed by atoms with E-state index in [9.17, 15) is 5.11 Å². The molecule has 1 aromatic heterocycles. The molecular formula is C13H10BrCl2NO. The van der Waals surface area contributed by atoms with Crippen molar-refractivity contribution in [1.29, 1.82) is 0 Å². The predicted molar refractivity (Wildman–Crippen MR) is 77.1 cm³/mol. The SMILES string of the molecule is OC(Cc1ccc(Cl)cc1Cl)c1ncccc1Br. The molecule has 0 saturated carbocycles. The molecule has 94 valence electrons. The maximum absolute atomic E-state index is 10.2. The van der Waals surface area contributed by atoms with Crippen LogP contribution in [0, 0.1) is 0 Å². The van der Waals surface area contributed by atoms with E-state index >= 15 is 0 Å². The zero-order chi connectivity index (χ0) is 13.1. The average molecular weight is 347 g/mol. The Balaban J connectivity index is 2.21. The number of hydrogen-bond donors (Lipinski definition) is 1. The number of aliphatic hydroxyl groups is 1. The summed E-state index contributed by atoms with van der Waals surface area (Å²) in [5.74, 6) is 0. The highest BCUT2D eigenvalue weighted by Gasteiger charge is 2.14. The minimum Gasteiger partial charge on any atom is -0.386 e. The molecule has 18 heavy (non-hydrogen) atoms. The van der Waals surface area contributed by atoms with Gasteiger partial charge in [0.25, 0.3) is 0 Å². The number of aliphatic hydroxyl groups excluding tert-OH is 1. The van der Waals surface area contributed by atoms with Gasteiger partial charge >= 0.3 is 0 Å². The lowest BCUT2D eigenvalue weighted by atomic mass is 10.1. The largest absolute Gasteiger partial charge is 0.386 e. The van der Waals surface area contributed by atoms with Gasteiger partial charge in [0.05, 0.1) is 5.69 Å². The summed E-state index contributed by atoms with van der Waals surface area (Å²) in [7, 11) is 0. The van der Waals surface area contributed by atoms with Gasteiger partial charge in [-0.05, 0) is 45.8 Å². The number of nitrogens with zero attached hydrogens (tertiary/aromatic N) is 1. The van der Waals surface area contributed by atoms with E-state index in [0.29, 0.717) is 22.2 Å². The van der Waals surface area contributed by atoms with Crippen molar-refractivity contribution in [2.75, 3.05) is 0 Å². The fourth-order valence-corrected chi connectivity index (χ4v) is 2.64. The van der Waals surface area contributed by atoms with E-state index in [-0.39, 0.29) is 0 Å². The third-order valence-electron chi connectivity index (χ3n) is 2.53. The van der Waals surface area contributed by atoms with Gasteiger partial charge in [0.15, 0.2) is 0 Å². The molecule has 0 saturated heterocycles. The summed E-state index contributed by atoms with van der Waals surface area (Å²) >= 11 is 15.3. The van der Waals surface area contributed by atoms with Crippen molar-refractivity contribution in [3.8, 4) is 0 Å². The van der Waals surface area contributed by atoms with Gasteiger partial charge in [-0.3, -0.25) is 4.98 Å². The summed E-state index contributed by atoms with van der Waals surface area (Å²) in [6, 6.07) is 8.87. The fourth-order valence-electron chi connectivity index (χ4n) is 1.64. The Morgan fingerprint density at radius 3 is 2.72 bits per heavy atom. The van der Waals surface area contributed by atoms with E-state index in [1.807, 2.05) is 12.1 Å². The Morgan fingerprint density at radius 2 is 2.06 bits per heavy atom. The van der Waals surface area contributed by atoms with E-state index in [1.54, 1.807) is 24.4 Å². The Morgan fingerprint density at radius 1 is 1.28 bits per heavy atom. The van der Waals surface area contributed by atoms with Gasteiger partial charge in [-0.1, -0.05) is 29.3 Å². The summed E-state index contributed by atoms with van der Waals surface area (Å²) < 4.78 is 0.780. The number of benzene rings is 1. The topological polar surface area (TPSA) is 33.1 Å². The van der Waals surface area contributed by atoms with Crippen LogP contribution in [0.15, 0.2) is 41.0 Å². The number of hydrogen-bond acceptors (Lipinski definition) is 2. The van der Waals surface area contributed by atoms with Crippen molar-refractivity contribution in [1.82, 2.24) is 4.98 Å². The summed E-state index contributed by atoms with van der Waals surface area (Å²) in [5, 5.41) is 11.3. The summed E-state index contributed by atoms with van der Waals surface area (Å²) in [6.45, 7) is 0. The molecule has 5 heteroatoms. The summed E-state index contributed by atoms with van der Waals surface area (Å²) in [5.41, 5.74) is 1.44. The molecule has 2 aromatic rings. The first kappa shape index (κ1) is 13.8. The first-order valence-electron chi connectivity index (χ1n) is 5.30. The lowest BCUT2D eigenvalue weighted by Crippen LogP contribution is -2.05. The molecule has 1 atom stereocenters. The molecular weight excluding hydrogens is 337 g/mol. The molecule has 0 bridgehead atoms. The Labute approximate surface area is 124 Å². The van der Waals surface area contributed by atoms with Crippen LogP contribution >= 0.6 is 39.1 Å². The van der Waals surface area contributed by atoms with Crippen LogP contribution in [0.3, 0.4) is 0 Å². The highest BCUT2D eigenvalue weighted by molar-refractivity contribution is 9.10. The van der Waals surface area contributed by atoms with Crippen molar-refractivity contribution < 1.29 is 5.11 Å². The first-order chi connectivity index (χ1) is 8.58. The van der Waals surface area contributed by atoms with Gasteiger partial charge in [-0.25, -0.2) is 0 Å². The van der Waals surface area contributed by atoms with Crippen LogP contribution in [0.2, 0.25) is 10.0 Å². The summed E-state index contributed by atoms with van der Waals surface area (Å²) in [6.07, 6.45) is 1.33. The van der Waals surface area contributed by atoms with Gasteiger partial charge in [0, 0.05) is 27.1 Å². The second-order valence-electron chi connectivity index (χ2n) is 3.83. The van der Waals surface area contributed by atoms with Crippen molar-refractivity contribution in [2.24, 2.45) is 0 Å². The van der Waals surface area contributed by atoms with Crippen LogP contribution in [0.25, 0.3) is 0 Å². The molecule has 2 nitrogen and oxygen atoms in total. The third-order valence-corrected chi connectivity index (χ3v) is 3.79. The van der Waals surface area contributed by atoms with E-state index in [2.05, 4.69) is 20.9 Å². The standard InChI is InChI=1S/C13H10BrCl2NO/c14-10-2-1-5-17-13(10)12(18)6-8-3-4-9(15)7-11(8)16/h1-5,7,12,18H,6H2. The molecule has 0 fully saturated rings. The molecule has 1 heterocycles. The number of rotatable bonds is 3. The number of halogens is 3. The minimum absolute atomic E-state index is 0.394. The molecule has 1 N–H and O–H groups in total. The third kappa shape index (κ3) is 3.23. The molecule has 0 aliphatic heterocycles. The van der Waals surface area contributed by atoms with Crippen molar-refractivity contribution in [3.63, 3.8) is 0 Å². The average Bonchev–Trinajstić information content (AvgIpc) is 2.33. The van der Waals surface area contributed by atoms with Gasteiger partial charge in [-0.2, -0.15) is 0 Å². The van der Waals surface area contributed by atoms with E-state index in [4.69, 9.17) is 23.2 Å². The molecule has 1 aromatic carbocycles. The quantitative estimate of drug-likeness (QED) is 0.891. The second-order valence-corrected chi connectivity index (χ2v) is 5.52.